The van der Waals surface area contributed by atoms with Gasteiger partial charge in [-0.05, 0) is 23.6 Å². The number of aromatic carboxylic acids is 1. The molecule has 0 spiro atoms. The van der Waals surface area contributed by atoms with Gasteiger partial charge in [-0.2, -0.15) is 0 Å². The van der Waals surface area contributed by atoms with Crippen molar-refractivity contribution in [2.45, 2.75) is 26.2 Å². The normalized spacial score (nSPS) is 11.7. The van der Waals surface area contributed by atoms with Crippen molar-refractivity contribution in [3.8, 4) is 5.69 Å². The maximum absolute atomic E-state index is 11.3. The van der Waals surface area contributed by atoms with E-state index in [9.17, 15) is 9.90 Å². The molecule has 0 bridgehead atoms. The molecular weight excluding hydrogens is 234 g/mol. The van der Waals surface area contributed by atoms with Crippen LogP contribution in [0.2, 0.25) is 0 Å². The summed E-state index contributed by atoms with van der Waals surface area (Å²) in [6.07, 6.45) is 3.72. The molecule has 0 radical (unpaired) electrons. The molecule has 17 heavy (non-hydrogen) atoms. The van der Waals surface area contributed by atoms with Crippen LogP contribution in [0.4, 0.5) is 0 Å². The molecule has 0 amide bonds. The van der Waals surface area contributed by atoms with Gasteiger partial charge in [0.05, 0.1) is 5.69 Å². The summed E-state index contributed by atoms with van der Waals surface area (Å²) in [5.41, 5.74) is 0.720. The number of nitrogens with zero attached hydrogens (tertiary/aromatic N) is 1. The first-order valence-corrected chi connectivity index (χ1v) is 6.22. The smallest absolute Gasteiger partial charge is 0.348 e. The van der Waals surface area contributed by atoms with E-state index in [4.69, 9.17) is 0 Å². The van der Waals surface area contributed by atoms with E-state index in [2.05, 4.69) is 20.8 Å². The van der Waals surface area contributed by atoms with Gasteiger partial charge in [0, 0.05) is 17.3 Å². The third-order valence-electron chi connectivity index (χ3n) is 2.53. The van der Waals surface area contributed by atoms with E-state index in [1.54, 1.807) is 0 Å². The highest BCUT2D eigenvalue weighted by atomic mass is 32.1. The molecule has 0 unspecified atom stereocenters. The van der Waals surface area contributed by atoms with E-state index in [1.807, 2.05) is 35.2 Å². The fourth-order valence-corrected chi connectivity index (χ4v) is 2.64. The molecule has 90 valence electrons. The highest BCUT2D eigenvalue weighted by Crippen LogP contribution is 2.34. The van der Waals surface area contributed by atoms with Crippen molar-refractivity contribution >= 4 is 17.3 Å². The molecular formula is C13H15NO2S. The SMILES string of the molecule is CC(C)(C)c1cc(-n2cccc2)c(C(=O)O)s1. The number of hydrogen-bond acceptors (Lipinski definition) is 2. The number of thiophene rings is 1. The molecule has 0 aliphatic heterocycles. The van der Waals surface area contributed by atoms with Crippen LogP contribution in [0.1, 0.15) is 35.3 Å². The molecule has 2 aromatic heterocycles. The number of aromatic nitrogens is 1. The van der Waals surface area contributed by atoms with Crippen LogP contribution in [0.3, 0.4) is 0 Å². The Hall–Kier alpha value is -1.55. The third kappa shape index (κ3) is 2.26. The average molecular weight is 249 g/mol. The Labute approximate surface area is 104 Å². The number of hydrogen-bond donors (Lipinski definition) is 1. The van der Waals surface area contributed by atoms with Crippen LogP contribution in [-0.2, 0) is 5.41 Å². The van der Waals surface area contributed by atoms with Crippen molar-refractivity contribution in [1.29, 1.82) is 0 Å². The van der Waals surface area contributed by atoms with Crippen LogP contribution in [0.5, 0.6) is 0 Å². The predicted molar refractivity (Wildman–Crippen MR) is 69.3 cm³/mol. The van der Waals surface area contributed by atoms with Crippen LogP contribution in [0, 0.1) is 0 Å². The van der Waals surface area contributed by atoms with Crippen molar-refractivity contribution in [3.63, 3.8) is 0 Å². The van der Waals surface area contributed by atoms with E-state index in [1.165, 1.54) is 11.3 Å². The molecule has 0 fully saturated rings. The van der Waals surface area contributed by atoms with E-state index in [0.29, 0.717) is 4.88 Å². The van der Waals surface area contributed by atoms with Gasteiger partial charge in [0.25, 0.3) is 0 Å². The van der Waals surface area contributed by atoms with Crippen molar-refractivity contribution in [2.75, 3.05) is 0 Å². The van der Waals surface area contributed by atoms with Crippen LogP contribution >= 0.6 is 11.3 Å². The van der Waals surface area contributed by atoms with Gasteiger partial charge in [0.15, 0.2) is 0 Å². The second-order valence-corrected chi connectivity index (χ2v) is 6.02. The molecule has 0 saturated heterocycles. The minimum Gasteiger partial charge on any atom is -0.477 e. The molecule has 0 saturated carbocycles. The summed E-state index contributed by atoms with van der Waals surface area (Å²) < 4.78 is 1.84. The van der Waals surface area contributed by atoms with Crippen molar-refractivity contribution in [2.24, 2.45) is 0 Å². The molecule has 0 aromatic carbocycles. The van der Waals surface area contributed by atoms with Gasteiger partial charge in [-0.3, -0.25) is 0 Å². The first kappa shape index (κ1) is 11.9. The molecule has 2 heterocycles. The van der Waals surface area contributed by atoms with Crippen LogP contribution in [0.15, 0.2) is 30.6 Å². The van der Waals surface area contributed by atoms with Crippen molar-refractivity contribution in [3.05, 3.63) is 40.3 Å². The Morgan fingerprint density at radius 3 is 2.35 bits per heavy atom. The van der Waals surface area contributed by atoms with E-state index >= 15 is 0 Å². The molecule has 4 heteroatoms. The Morgan fingerprint density at radius 2 is 1.88 bits per heavy atom. The molecule has 2 aromatic rings. The Kier molecular flexibility index (Phi) is 2.83. The fraction of sp³-hybridized carbons (Fsp3) is 0.308. The standard InChI is InChI=1S/C13H15NO2S/c1-13(2,3)10-8-9(11(17-10)12(15)16)14-6-4-5-7-14/h4-8H,1-3H3,(H,15,16). The Morgan fingerprint density at radius 1 is 1.29 bits per heavy atom. The third-order valence-corrected chi connectivity index (χ3v) is 4.07. The molecule has 0 aliphatic carbocycles. The van der Waals surface area contributed by atoms with Gasteiger partial charge in [0.2, 0.25) is 0 Å². The highest BCUT2D eigenvalue weighted by molar-refractivity contribution is 7.14. The van der Waals surface area contributed by atoms with Crippen molar-refractivity contribution < 1.29 is 9.90 Å². The molecule has 3 nitrogen and oxygen atoms in total. The van der Waals surface area contributed by atoms with Crippen LogP contribution in [0.25, 0.3) is 5.69 Å². The summed E-state index contributed by atoms with van der Waals surface area (Å²) in [7, 11) is 0. The van der Waals surface area contributed by atoms with Gasteiger partial charge in [-0.15, -0.1) is 11.3 Å². The number of rotatable bonds is 2. The summed E-state index contributed by atoms with van der Waals surface area (Å²) in [5.74, 6) is -0.866. The highest BCUT2D eigenvalue weighted by Gasteiger charge is 2.23. The number of carboxylic acid groups (broad SMARTS) is 1. The first-order chi connectivity index (χ1) is 7.89. The summed E-state index contributed by atoms with van der Waals surface area (Å²) >= 11 is 1.35. The van der Waals surface area contributed by atoms with E-state index in [-0.39, 0.29) is 5.41 Å². The summed E-state index contributed by atoms with van der Waals surface area (Å²) in [6, 6.07) is 5.74. The van der Waals surface area contributed by atoms with Gasteiger partial charge in [-0.25, -0.2) is 4.79 Å². The van der Waals surface area contributed by atoms with Gasteiger partial charge >= 0.3 is 5.97 Å². The fourth-order valence-electron chi connectivity index (χ4n) is 1.59. The minimum absolute atomic E-state index is 0.0275. The van der Waals surface area contributed by atoms with Crippen LogP contribution in [-0.4, -0.2) is 15.6 Å². The molecule has 0 aliphatic rings. The second-order valence-electron chi connectivity index (χ2n) is 4.97. The maximum atomic E-state index is 11.3. The predicted octanol–water partition coefficient (Wildman–Crippen LogP) is 3.53. The number of carbonyl (C=O) groups is 1. The number of carboxylic acids is 1. The minimum atomic E-state index is -0.866. The summed E-state index contributed by atoms with van der Waals surface area (Å²) in [6.45, 7) is 6.26. The summed E-state index contributed by atoms with van der Waals surface area (Å²) in [5, 5.41) is 9.24. The average Bonchev–Trinajstić information content (AvgIpc) is 2.85. The zero-order valence-electron chi connectivity index (χ0n) is 10.1. The molecule has 0 atom stereocenters. The first-order valence-electron chi connectivity index (χ1n) is 5.40. The second kappa shape index (κ2) is 4.04. The summed E-state index contributed by atoms with van der Waals surface area (Å²) in [4.78, 5) is 12.7. The lowest BCUT2D eigenvalue weighted by Gasteiger charge is -2.15. The maximum Gasteiger partial charge on any atom is 0.348 e. The quantitative estimate of drug-likeness (QED) is 0.884. The zero-order valence-corrected chi connectivity index (χ0v) is 10.9. The van der Waals surface area contributed by atoms with Gasteiger partial charge in [-0.1, -0.05) is 20.8 Å². The Balaban J connectivity index is 2.58. The lowest BCUT2D eigenvalue weighted by Crippen LogP contribution is -2.08. The topological polar surface area (TPSA) is 42.2 Å². The Bertz CT molecular complexity index is 532. The van der Waals surface area contributed by atoms with Gasteiger partial charge < -0.3 is 9.67 Å². The monoisotopic (exact) mass is 249 g/mol. The molecule has 2 rings (SSSR count). The zero-order chi connectivity index (χ0) is 12.6. The van der Waals surface area contributed by atoms with Crippen LogP contribution < -0.4 is 0 Å². The lowest BCUT2D eigenvalue weighted by molar-refractivity contribution is 0.0702. The van der Waals surface area contributed by atoms with E-state index < -0.39 is 5.97 Å². The van der Waals surface area contributed by atoms with Crippen molar-refractivity contribution in [1.82, 2.24) is 4.57 Å². The lowest BCUT2D eigenvalue weighted by atomic mass is 9.94. The van der Waals surface area contributed by atoms with E-state index in [0.717, 1.165) is 10.6 Å². The van der Waals surface area contributed by atoms with Gasteiger partial charge in [0.1, 0.15) is 4.88 Å². The largest absolute Gasteiger partial charge is 0.477 e. The molecule has 1 N–H and O–H groups in total.